The summed E-state index contributed by atoms with van der Waals surface area (Å²) in [5, 5.41) is 19.4. The van der Waals surface area contributed by atoms with E-state index in [-0.39, 0.29) is 24.7 Å². The van der Waals surface area contributed by atoms with E-state index in [9.17, 15) is 29.1 Å². The molecule has 0 spiro atoms. The first-order valence-electron chi connectivity index (χ1n) is 11.9. The van der Waals surface area contributed by atoms with Crippen molar-refractivity contribution in [2.24, 2.45) is 5.92 Å². The van der Waals surface area contributed by atoms with Crippen LogP contribution in [0.15, 0.2) is 30.3 Å². The summed E-state index contributed by atoms with van der Waals surface area (Å²) in [7, 11) is 0. The maximum Gasteiger partial charge on any atom is 0.405 e. The summed E-state index contributed by atoms with van der Waals surface area (Å²) >= 11 is 0. The van der Waals surface area contributed by atoms with E-state index in [1.54, 1.807) is 52.0 Å². The maximum atomic E-state index is 13.2. The fourth-order valence-electron chi connectivity index (χ4n) is 4.08. The van der Waals surface area contributed by atoms with Crippen molar-refractivity contribution < 1.29 is 33.8 Å². The highest BCUT2D eigenvalue weighted by atomic mass is 16.5. The van der Waals surface area contributed by atoms with E-state index in [0.717, 1.165) is 5.56 Å². The third-order valence-corrected chi connectivity index (χ3v) is 5.68. The number of ether oxygens (including phenoxy) is 1. The molecule has 11 nitrogen and oxygen atoms in total. The van der Waals surface area contributed by atoms with Gasteiger partial charge in [-0.3, -0.25) is 14.4 Å². The zero-order valence-electron chi connectivity index (χ0n) is 21.1. The number of carbonyl (C=O) groups is 5. The lowest BCUT2D eigenvalue weighted by Gasteiger charge is -2.31. The normalized spacial score (nSPS) is 18.8. The van der Waals surface area contributed by atoms with Gasteiger partial charge in [0.2, 0.25) is 17.7 Å². The van der Waals surface area contributed by atoms with Gasteiger partial charge >= 0.3 is 6.09 Å². The van der Waals surface area contributed by atoms with Gasteiger partial charge in [0, 0.05) is 18.9 Å². The lowest BCUT2D eigenvalue weighted by molar-refractivity contribution is -0.135. The van der Waals surface area contributed by atoms with Gasteiger partial charge in [0.1, 0.15) is 18.4 Å². The molecule has 1 aliphatic rings. The van der Waals surface area contributed by atoms with Crippen molar-refractivity contribution in [1.29, 1.82) is 0 Å². The van der Waals surface area contributed by atoms with Crippen LogP contribution in [0.4, 0.5) is 4.79 Å². The average molecular weight is 505 g/mol. The van der Waals surface area contributed by atoms with Gasteiger partial charge in [-0.2, -0.15) is 0 Å². The van der Waals surface area contributed by atoms with Crippen LogP contribution in [-0.2, 0) is 30.3 Å². The Bertz CT molecular complexity index is 932. The lowest BCUT2D eigenvalue weighted by Crippen LogP contribution is -2.59. The number of benzene rings is 1. The topological polar surface area (TPSA) is 163 Å². The monoisotopic (exact) mass is 504 g/mol. The third-order valence-electron chi connectivity index (χ3n) is 5.68. The van der Waals surface area contributed by atoms with Crippen molar-refractivity contribution in [3.8, 4) is 0 Å². The van der Waals surface area contributed by atoms with E-state index in [0.29, 0.717) is 19.3 Å². The van der Waals surface area contributed by atoms with Gasteiger partial charge in [0.15, 0.2) is 0 Å². The van der Waals surface area contributed by atoms with E-state index in [4.69, 9.17) is 4.74 Å². The van der Waals surface area contributed by atoms with Gasteiger partial charge in [-0.1, -0.05) is 30.3 Å². The van der Waals surface area contributed by atoms with Gasteiger partial charge < -0.3 is 35.9 Å². The molecule has 4 unspecified atom stereocenters. The molecule has 1 fully saturated rings. The molecule has 4 amide bonds. The molecule has 0 aromatic heterocycles. The third kappa shape index (κ3) is 9.29. The standard InChI is InChI=1S/C25H36N4O7/c1-15(36-25(2,3)4)20(29-24(34)35)23(33)28-19(12-16-8-6-5-7-9-16)22(32)27-18(14-30)13-17-10-11-26-21(17)31/h5-9,14-15,17-20,29H,10-13H2,1-4H3,(H,26,31)(H,27,32)(H,28,33)(H,34,35)/t15?,17-,18?,19?,20?/m0/s1. The number of nitrogens with one attached hydrogen (secondary N) is 4. The summed E-state index contributed by atoms with van der Waals surface area (Å²) in [5.41, 5.74) is 0.0976. The molecule has 1 aromatic carbocycles. The molecule has 0 radical (unpaired) electrons. The van der Waals surface area contributed by atoms with Crippen LogP contribution in [0.1, 0.15) is 46.1 Å². The van der Waals surface area contributed by atoms with E-state index in [1.807, 2.05) is 6.07 Å². The van der Waals surface area contributed by atoms with Crippen LogP contribution >= 0.6 is 0 Å². The molecule has 1 aromatic rings. The molecular formula is C25H36N4O7. The Morgan fingerprint density at radius 1 is 1.14 bits per heavy atom. The smallest absolute Gasteiger partial charge is 0.405 e. The minimum Gasteiger partial charge on any atom is -0.465 e. The minimum absolute atomic E-state index is 0.0994. The average Bonchev–Trinajstić information content (AvgIpc) is 3.19. The predicted octanol–water partition coefficient (Wildman–Crippen LogP) is 0.764. The molecule has 5 atom stereocenters. The molecular weight excluding hydrogens is 468 g/mol. The van der Waals surface area contributed by atoms with Crippen molar-refractivity contribution in [1.82, 2.24) is 21.3 Å². The second-order valence-electron chi connectivity index (χ2n) is 9.88. The summed E-state index contributed by atoms with van der Waals surface area (Å²) < 4.78 is 5.78. The van der Waals surface area contributed by atoms with Crippen LogP contribution in [0.5, 0.6) is 0 Å². The summed E-state index contributed by atoms with van der Waals surface area (Å²) in [6, 6.07) is 5.62. The molecule has 1 aliphatic heterocycles. The van der Waals surface area contributed by atoms with E-state index >= 15 is 0 Å². The SMILES string of the molecule is CC(OC(C)(C)C)C(NC(=O)O)C(=O)NC(Cc1ccccc1)C(=O)NC(C=O)C[C@@H]1CCNC1=O. The Labute approximate surface area is 210 Å². The van der Waals surface area contributed by atoms with Crippen molar-refractivity contribution in [3.63, 3.8) is 0 Å². The largest absolute Gasteiger partial charge is 0.465 e. The number of hydrogen-bond acceptors (Lipinski definition) is 6. The van der Waals surface area contributed by atoms with Crippen LogP contribution in [0.3, 0.4) is 0 Å². The summed E-state index contributed by atoms with van der Waals surface area (Å²) in [6.07, 6.45) is -0.879. The van der Waals surface area contributed by atoms with E-state index < -0.39 is 47.7 Å². The van der Waals surface area contributed by atoms with Crippen LogP contribution < -0.4 is 21.3 Å². The van der Waals surface area contributed by atoms with Gasteiger partial charge in [-0.25, -0.2) is 4.79 Å². The van der Waals surface area contributed by atoms with Crippen molar-refractivity contribution in [2.75, 3.05) is 6.54 Å². The second-order valence-corrected chi connectivity index (χ2v) is 9.88. The maximum absolute atomic E-state index is 13.2. The highest BCUT2D eigenvalue weighted by Crippen LogP contribution is 2.16. The molecule has 11 heteroatoms. The number of rotatable bonds is 12. The molecule has 5 N–H and O–H groups in total. The van der Waals surface area contributed by atoms with Gasteiger partial charge in [0.05, 0.1) is 17.7 Å². The highest BCUT2D eigenvalue weighted by Gasteiger charge is 2.34. The summed E-state index contributed by atoms with van der Waals surface area (Å²) in [6.45, 7) is 7.40. The minimum atomic E-state index is -1.42. The van der Waals surface area contributed by atoms with Crippen LogP contribution in [0.25, 0.3) is 0 Å². The van der Waals surface area contributed by atoms with Crippen molar-refractivity contribution in [2.45, 2.75) is 76.8 Å². The Morgan fingerprint density at radius 2 is 1.81 bits per heavy atom. The molecule has 36 heavy (non-hydrogen) atoms. The molecule has 1 saturated heterocycles. The van der Waals surface area contributed by atoms with Gasteiger partial charge in [0.25, 0.3) is 0 Å². The van der Waals surface area contributed by atoms with Crippen LogP contribution in [0.2, 0.25) is 0 Å². The van der Waals surface area contributed by atoms with Crippen molar-refractivity contribution >= 4 is 30.1 Å². The zero-order valence-corrected chi connectivity index (χ0v) is 21.1. The van der Waals surface area contributed by atoms with Gasteiger partial charge in [-0.15, -0.1) is 0 Å². The molecule has 0 saturated carbocycles. The second kappa shape index (κ2) is 13.0. The summed E-state index contributed by atoms with van der Waals surface area (Å²) in [5.74, 6) is -1.92. The van der Waals surface area contributed by atoms with Crippen molar-refractivity contribution in [3.05, 3.63) is 35.9 Å². The first-order chi connectivity index (χ1) is 16.9. The Balaban J connectivity index is 2.20. The molecule has 198 valence electrons. The Morgan fingerprint density at radius 3 is 2.33 bits per heavy atom. The highest BCUT2D eigenvalue weighted by molar-refractivity contribution is 5.92. The molecule has 2 rings (SSSR count). The Hall–Kier alpha value is -3.47. The zero-order chi connectivity index (χ0) is 26.9. The number of carbonyl (C=O) groups excluding carboxylic acids is 4. The fourth-order valence-corrected chi connectivity index (χ4v) is 4.08. The van der Waals surface area contributed by atoms with Crippen LogP contribution in [0, 0.1) is 5.92 Å². The number of carboxylic acid groups (broad SMARTS) is 1. The number of hydrogen-bond donors (Lipinski definition) is 5. The number of aldehydes is 1. The van der Waals surface area contributed by atoms with Crippen LogP contribution in [-0.4, -0.2) is 71.6 Å². The molecule has 0 bridgehead atoms. The first kappa shape index (κ1) is 28.8. The molecule has 0 aliphatic carbocycles. The van der Waals surface area contributed by atoms with E-state index in [1.165, 1.54) is 0 Å². The van der Waals surface area contributed by atoms with E-state index in [2.05, 4.69) is 21.3 Å². The molecule has 1 heterocycles. The Kier molecular flexibility index (Phi) is 10.4. The quantitative estimate of drug-likeness (QED) is 0.262. The first-order valence-corrected chi connectivity index (χ1v) is 11.9. The predicted molar refractivity (Wildman–Crippen MR) is 131 cm³/mol. The number of amides is 4. The van der Waals surface area contributed by atoms with Gasteiger partial charge in [-0.05, 0) is 46.1 Å². The fraction of sp³-hybridized carbons (Fsp3) is 0.560. The lowest BCUT2D eigenvalue weighted by atomic mass is 9.98. The summed E-state index contributed by atoms with van der Waals surface area (Å²) in [4.78, 5) is 61.3.